The summed E-state index contributed by atoms with van der Waals surface area (Å²) in [5.41, 5.74) is 2.06. The molecule has 2 fully saturated rings. The highest BCUT2D eigenvalue weighted by molar-refractivity contribution is 5.94. The number of amides is 2. The number of carbonyl (C=O) groups is 2. The van der Waals surface area contributed by atoms with Crippen LogP contribution in [0.5, 0.6) is 0 Å². The first-order valence-corrected chi connectivity index (χ1v) is 8.81. The van der Waals surface area contributed by atoms with Crippen molar-refractivity contribution >= 4 is 24.2 Å². The zero-order chi connectivity index (χ0) is 17.2. The summed E-state index contributed by atoms with van der Waals surface area (Å²) in [7, 11) is 3.50. The van der Waals surface area contributed by atoms with E-state index in [0.29, 0.717) is 12.1 Å². The van der Waals surface area contributed by atoms with Crippen LogP contribution in [0.4, 0.5) is 0 Å². The Morgan fingerprint density at radius 3 is 2.68 bits per heavy atom. The smallest absolute Gasteiger partial charge is 0.253 e. The molecule has 2 aliphatic rings. The highest BCUT2D eigenvalue weighted by Crippen LogP contribution is 2.58. The van der Waals surface area contributed by atoms with E-state index in [4.69, 9.17) is 0 Å². The van der Waals surface area contributed by atoms with Crippen molar-refractivity contribution in [3.8, 4) is 0 Å². The van der Waals surface area contributed by atoms with Crippen molar-refractivity contribution in [2.45, 2.75) is 25.7 Å². The van der Waals surface area contributed by atoms with Gasteiger partial charge in [-0.05, 0) is 61.9 Å². The normalized spacial score (nSPS) is 20.5. The molecule has 1 spiro atoms. The molecule has 1 unspecified atom stereocenters. The minimum Gasteiger partial charge on any atom is -0.356 e. The third kappa shape index (κ3) is 4.53. The fourth-order valence-electron chi connectivity index (χ4n) is 3.77. The van der Waals surface area contributed by atoms with Crippen LogP contribution >= 0.6 is 12.4 Å². The number of nitrogens with zero attached hydrogens (tertiary/aromatic N) is 1. The average molecular weight is 366 g/mol. The topological polar surface area (TPSA) is 61.4 Å². The van der Waals surface area contributed by atoms with Gasteiger partial charge >= 0.3 is 0 Å². The summed E-state index contributed by atoms with van der Waals surface area (Å²) >= 11 is 0. The maximum atomic E-state index is 12.3. The van der Waals surface area contributed by atoms with E-state index < -0.39 is 0 Å². The molecule has 1 saturated carbocycles. The van der Waals surface area contributed by atoms with Gasteiger partial charge in [-0.15, -0.1) is 12.4 Å². The fraction of sp³-hybridized carbons (Fsp3) is 0.579. The minimum absolute atomic E-state index is 0. The fourth-order valence-corrected chi connectivity index (χ4v) is 3.77. The summed E-state index contributed by atoms with van der Waals surface area (Å²) in [5.74, 6) is 0.422. The summed E-state index contributed by atoms with van der Waals surface area (Å²) in [4.78, 5) is 25.9. The Kier molecular flexibility index (Phi) is 6.47. The molecule has 5 nitrogen and oxygen atoms in total. The monoisotopic (exact) mass is 365 g/mol. The third-order valence-corrected chi connectivity index (χ3v) is 5.40. The van der Waals surface area contributed by atoms with Crippen molar-refractivity contribution in [2.75, 3.05) is 33.7 Å². The molecular formula is C19H28ClN3O2. The van der Waals surface area contributed by atoms with Gasteiger partial charge in [0.25, 0.3) is 5.91 Å². The van der Waals surface area contributed by atoms with E-state index in [0.717, 1.165) is 44.3 Å². The number of carbonyl (C=O) groups excluding carboxylic acids is 2. The molecule has 25 heavy (non-hydrogen) atoms. The first kappa shape index (κ1) is 19.7. The number of rotatable bonds is 5. The predicted octanol–water partition coefficient (Wildman–Crippen LogP) is 1.86. The lowest BCUT2D eigenvalue weighted by molar-refractivity contribution is -0.123. The Morgan fingerprint density at radius 2 is 2.00 bits per heavy atom. The van der Waals surface area contributed by atoms with Crippen molar-refractivity contribution < 1.29 is 9.59 Å². The molecule has 2 amide bonds. The first-order valence-electron chi connectivity index (χ1n) is 8.81. The second kappa shape index (κ2) is 8.19. The van der Waals surface area contributed by atoms with Crippen LogP contribution in [-0.2, 0) is 11.2 Å². The van der Waals surface area contributed by atoms with Crippen LogP contribution in [0.3, 0.4) is 0 Å². The maximum absolute atomic E-state index is 12.3. The first-order chi connectivity index (χ1) is 11.5. The number of benzene rings is 1. The van der Waals surface area contributed by atoms with Crippen LogP contribution in [-0.4, -0.2) is 50.4 Å². The van der Waals surface area contributed by atoms with Crippen LogP contribution < -0.4 is 10.6 Å². The summed E-state index contributed by atoms with van der Waals surface area (Å²) in [6, 6.07) is 7.65. The van der Waals surface area contributed by atoms with Gasteiger partial charge in [0.15, 0.2) is 0 Å². The van der Waals surface area contributed by atoms with Crippen molar-refractivity contribution in [1.82, 2.24) is 15.5 Å². The van der Waals surface area contributed by atoms with E-state index in [1.54, 1.807) is 19.0 Å². The molecule has 0 radical (unpaired) electrons. The second-order valence-corrected chi connectivity index (χ2v) is 7.31. The van der Waals surface area contributed by atoms with Gasteiger partial charge < -0.3 is 15.5 Å². The lowest BCUT2D eigenvalue weighted by atomic mass is 9.92. The van der Waals surface area contributed by atoms with Gasteiger partial charge in [0.2, 0.25) is 5.91 Å². The van der Waals surface area contributed by atoms with Gasteiger partial charge in [-0.3, -0.25) is 9.59 Å². The molecule has 2 N–H and O–H groups in total. The van der Waals surface area contributed by atoms with Crippen molar-refractivity contribution in [3.63, 3.8) is 0 Å². The van der Waals surface area contributed by atoms with Gasteiger partial charge in [0, 0.05) is 32.1 Å². The van der Waals surface area contributed by atoms with Crippen LogP contribution in [0.15, 0.2) is 24.3 Å². The summed E-state index contributed by atoms with van der Waals surface area (Å²) in [6.45, 7) is 2.70. The van der Waals surface area contributed by atoms with Crippen LogP contribution in [0, 0.1) is 11.3 Å². The van der Waals surface area contributed by atoms with E-state index in [1.165, 1.54) is 0 Å². The van der Waals surface area contributed by atoms with Gasteiger partial charge in [-0.25, -0.2) is 0 Å². The standard InChI is InChI=1S/C19H27N3O2.ClH/c1-22(2)18(24)15-5-3-4-14(12-15)6-9-21-17(23)16-13-19(16)7-10-20-11-8-19;/h3-5,12,16,20H,6-11,13H2,1-2H3,(H,21,23);1H. The number of hydrogen-bond acceptors (Lipinski definition) is 3. The van der Waals surface area contributed by atoms with E-state index in [-0.39, 0.29) is 35.6 Å². The summed E-state index contributed by atoms with van der Waals surface area (Å²) in [6.07, 6.45) is 4.05. The largest absolute Gasteiger partial charge is 0.356 e. The van der Waals surface area contributed by atoms with E-state index in [1.807, 2.05) is 24.3 Å². The molecule has 1 aliphatic heterocycles. The minimum atomic E-state index is 0. The number of hydrogen-bond donors (Lipinski definition) is 2. The van der Waals surface area contributed by atoms with Crippen molar-refractivity contribution in [1.29, 1.82) is 0 Å². The Bertz CT molecular complexity index is 627. The number of piperidine rings is 1. The predicted molar refractivity (Wildman–Crippen MR) is 101 cm³/mol. The van der Waals surface area contributed by atoms with Gasteiger partial charge in [0.1, 0.15) is 0 Å². The molecule has 1 heterocycles. The third-order valence-electron chi connectivity index (χ3n) is 5.40. The van der Waals surface area contributed by atoms with Gasteiger partial charge in [-0.2, -0.15) is 0 Å². The molecule has 0 bridgehead atoms. The molecule has 6 heteroatoms. The molecule has 1 saturated heterocycles. The zero-order valence-corrected chi connectivity index (χ0v) is 15.8. The SMILES string of the molecule is CN(C)C(=O)c1cccc(CCNC(=O)C2CC23CCNCC3)c1.Cl. The van der Waals surface area contributed by atoms with E-state index >= 15 is 0 Å². The molecule has 1 aromatic rings. The Hall–Kier alpha value is -1.59. The second-order valence-electron chi connectivity index (χ2n) is 7.31. The van der Waals surface area contributed by atoms with Crippen molar-refractivity contribution in [3.05, 3.63) is 35.4 Å². The van der Waals surface area contributed by atoms with Crippen molar-refractivity contribution in [2.24, 2.45) is 11.3 Å². The van der Waals surface area contributed by atoms with Crippen LogP contribution in [0.1, 0.15) is 35.2 Å². The summed E-state index contributed by atoms with van der Waals surface area (Å²) < 4.78 is 0. The Morgan fingerprint density at radius 1 is 1.28 bits per heavy atom. The summed E-state index contributed by atoms with van der Waals surface area (Å²) in [5, 5.41) is 6.45. The van der Waals surface area contributed by atoms with E-state index in [2.05, 4.69) is 10.6 Å². The average Bonchev–Trinajstić information content (AvgIpc) is 3.28. The molecular weight excluding hydrogens is 338 g/mol. The number of halogens is 1. The maximum Gasteiger partial charge on any atom is 0.253 e. The molecule has 1 aromatic carbocycles. The van der Waals surface area contributed by atoms with E-state index in [9.17, 15) is 9.59 Å². The number of nitrogens with one attached hydrogen (secondary N) is 2. The van der Waals surface area contributed by atoms with Crippen LogP contribution in [0.25, 0.3) is 0 Å². The Balaban J connectivity index is 0.00000225. The molecule has 138 valence electrons. The molecule has 1 atom stereocenters. The zero-order valence-electron chi connectivity index (χ0n) is 15.0. The lowest BCUT2D eigenvalue weighted by Gasteiger charge is -2.23. The molecule has 3 rings (SSSR count). The Labute approximate surface area is 155 Å². The molecule has 0 aromatic heterocycles. The lowest BCUT2D eigenvalue weighted by Crippen LogP contribution is -2.34. The van der Waals surface area contributed by atoms with Gasteiger partial charge in [0.05, 0.1) is 0 Å². The van der Waals surface area contributed by atoms with Gasteiger partial charge in [-0.1, -0.05) is 12.1 Å². The molecule has 1 aliphatic carbocycles. The van der Waals surface area contributed by atoms with Crippen LogP contribution in [0.2, 0.25) is 0 Å². The quantitative estimate of drug-likeness (QED) is 0.837. The highest BCUT2D eigenvalue weighted by atomic mass is 35.5. The highest BCUT2D eigenvalue weighted by Gasteiger charge is 2.57.